The summed E-state index contributed by atoms with van der Waals surface area (Å²) in [6, 6.07) is 22.5. The van der Waals surface area contributed by atoms with Crippen LogP contribution >= 0.6 is 27.3 Å². The predicted molar refractivity (Wildman–Crippen MR) is 120 cm³/mol. The average molecular weight is 453 g/mol. The number of nitrogens with zero attached hydrogens (tertiary/aromatic N) is 1. The zero-order valence-electron chi connectivity index (χ0n) is 15.8. The van der Waals surface area contributed by atoms with Crippen LogP contribution in [0.15, 0.2) is 70.5 Å². The summed E-state index contributed by atoms with van der Waals surface area (Å²) in [4.78, 5) is 13.1. The number of aryl methyl sites for hydroxylation is 1. The summed E-state index contributed by atoms with van der Waals surface area (Å²) in [6.07, 6.45) is 0. The van der Waals surface area contributed by atoms with Crippen molar-refractivity contribution in [1.82, 2.24) is 9.88 Å². The number of thiophene rings is 1. The van der Waals surface area contributed by atoms with Gasteiger partial charge >= 0.3 is 0 Å². The number of fused-ring (bicyclic) bond motifs is 1. The summed E-state index contributed by atoms with van der Waals surface area (Å²) in [7, 11) is 0. The second kappa shape index (κ2) is 7.94. The van der Waals surface area contributed by atoms with Gasteiger partial charge in [0.25, 0.3) is 5.91 Å². The number of benzene rings is 2. The van der Waals surface area contributed by atoms with Crippen LogP contribution in [0.3, 0.4) is 0 Å². The highest BCUT2D eigenvalue weighted by Crippen LogP contribution is 2.33. The molecule has 4 rings (SSSR count). The van der Waals surface area contributed by atoms with Crippen LogP contribution in [0.5, 0.6) is 0 Å². The molecule has 0 saturated carbocycles. The normalized spacial score (nSPS) is 12.2. The van der Waals surface area contributed by atoms with Gasteiger partial charge in [0.15, 0.2) is 0 Å². The molecule has 4 aromatic rings. The van der Waals surface area contributed by atoms with Crippen molar-refractivity contribution in [3.63, 3.8) is 0 Å². The minimum Gasteiger partial charge on any atom is -0.344 e. The van der Waals surface area contributed by atoms with Gasteiger partial charge in [-0.15, -0.1) is 11.3 Å². The van der Waals surface area contributed by atoms with Gasteiger partial charge in [-0.3, -0.25) is 4.79 Å². The van der Waals surface area contributed by atoms with Crippen LogP contribution in [0.4, 0.5) is 0 Å². The molecule has 2 aromatic heterocycles. The third kappa shape index (κ3) is 3.91. The molecule has 0 aliphatic heterocycles. The van der Waals surface area contributed by atoms with Crippen LogP contribution < -0.4 is 5.32 Å². The Morgan fingerprint density at radius 3 is 2.64 bits per heavy atom. The van der Waals surface area contributed by atoms with E-state index >= 15 is 0 Å². The van der Waals surface area contributed by atoms with Crippen molar-refractivity contribution in [2.75, 3.05) is 0 Å². The maximum Gasteiger partial charge on any atom is 0.268 e. The highest BCUT2D eigenvalue weighted by Gasteiger charge is 2.19. The largest absolute Gasteiger partial charge is 0.344 e. The fraction of sp³-hybridized carbons (Fsp3) is 0.174. The maximum absolute atomic E-state index is 13.1. The molecule has 0 spiro atoms. The average Bonchev–Trinajstić information content (AvgIpc) is 3.19. The third-order valence-electron chi connectivity index (χ3n) is 4.86. The first kappa shape index (κ1) is 19.0. The monoisotopic (exact) mass is 452 g/mol. The van der Waals surface area contributed by atoms with Gasteiger partial charge in [0, 0.05) is 6.54 Å². The lowest BCUT2D eigenvalue weighted by atomic mass is 10.1. The Hall–Kier alpha value is -2.37. The number of aromatic nitrogens is 1. The van der Waals surface area contributed by atoms with Crippen molar-refractivity contribution < 1.29 is 4.79 Å². The number of amides is 1. The summed E-state index contributed by atoms with van der Waals surface area (Å²) < 4.78 is 4.29. The molecule has 0 unspecified atom stereocenters. The van der Waals surface area contributed by atoms with Crippen LogP contribution in [-0.4, -0.2) is 10.5 Å². The molecular formula is C23H21BrN2OS. The Morgan fingerprint density at radius 1 is 1.11 bits per heavy atom. The number of rotatable bonds is 5. The molecule has 0 fully saturated rings. The van der Waals surface area contributed by atoms with Gasteiger partial charge in [0.1, 0.15) is 5.69 Å². The molecule has 2 heterocycles. The SMILES string of the molecule is Cc1cccc(Cn2c(C(=O)N[C@H](C)c3ccccc3)cc3sc(Br)cc32)c1. The minimum atomic E-state index is -0.0548. The second-order valence-corrected chi connectivity index (χ2v) is 9.47. The van der Waals surface area contributed by atoms with Crippen LogP contribution in [0.2, 0.25) is 0 Å². The van der Waals surface area contributed by atoms with E-state index in [1.807, 2.05) is 43.3 Å². The first-order valence-electron chi connectivity index (χ1n) is 9.21. The van der Waals surface area contributed by atoms with E-state index in [1.165, 1.54) is 11.1 Å². The zero-order valence-corrected chi connectivity index (χ0v) is 18.2. The topological polar surface area (TPSA) is 34.0 Å². The predicted octanol–water partition coefficient (Wildman–Crippen LogP) is 6.31. The molecule has 142 valence electrons. The summed E-state index contributed by atoms with van der Waals surface area (Å²) in [6.45, 7) is 4.77. The van der Waals surface area contributed by atoms with Crippen molar-refractivity contribution in [3.05, 3.63) is 92.9 Å². The molecular weight excluding hydrogens is 432 g/mol. The van der Waals surface area contributed by atoms with Gasteiger partial charge in [-0.1, -0.05) is 60.2 Å². The lowest BCUT2D eigenvalue weighted by Crippen LogP contribution is -2.28. The number of nitrogens with one attached hydrogen (secondary N) is 1. The molecule has 1 N–H and O–H groups in total. The molecule has 0 aliphatic carbocycles. The van der Waals surface area contributed by atoms with Crippen molar-refractivity contribution in [3.8, 4) is 0 Å². The van der Waals surface area contributed by atoms with Gasteiger partial charge in [-0.25, -0.2) is 0 Å². The van der Waals surface area contributed by atoms with E-state index in [1.54, 1.807) is 11.3 Å². The van der Waals surface area contributed by atoms with Crippen molar-refractivity contribution in [2.45, 2.75) is 26.4 Å². The summed E-state index contributed by atoms with van der Waals surface area (Å²) in [5.74, 6) is -0.0523. The molecule has 0 aliphatic rings. The van der Waals surface area contributed by atoms with Gasteiger partial charge in [-0.05, 0) is 53.0 Å². The minimum absolute atomic E-state index is 0.0523. The lowest BCUT2D eigenvalue weighted by Gasteiger charge is -2.16. The van der Waals surface area contributed by atoms with Crippen LogP contribution in [0.1, 0.15) is 40.1 Å². The van der Waals surface area contributed by atoms with Gasteiger partial charge in [0.05, 0.1) is 20.0 Å². The molecule has 5 heteroatoms. The van der Waals surface area contributed by atoms with E-state index in [4.69, 9.17) is 0 Å². The summed E-state index contributed by atoms with van der Waals surface area (Å²) >= 11 is 5.22. The summed E-state index contributed by atoms with van der Waals surface area (Å²) in [5, 5.41) is 3.15. The number of halogens is 1. The van der Waals surface area contributed by atoms with E-state index in [9.17, 15) is 4.79 Å². The molecule has 2 aromatic carbocycles. The van der Waals surface area contributed by atoms with Crippen molar-refractivity contribution in [2.24, 2.45) is 0 Å². The maximum atomic E-state index is 13.1. The van der Waals surface area contributed by atoms with E-state index in [0.717, 1.165) is 19.6 Å². The lowest BCUT2D eigenvalue weighted by molar-refractivity contribution is 0.0931. The van der Waals surface area contributed by atoms with Gasteiger partial charge in [0.2, 0.25) is 0 Å². The molecule has 1 amide bonds. The fourth-order valence-corrected chi connectivity index (χ4v) is 5.02. The molecule has 0 radical (unpaired) electrons. The van der Waals surface area contributed by atoms with Crippen molar-refractivity contribution in [1.29, 1.82) is 0 Å². The number of carbonyl (C=O) groups excluding carboxylic acids is 1. The molecule has 1 atom stereocenters. The third-order valence-corrected chi connectivity index (χ3v) is 6.44. The van der Waals surface area contributed by atoms with E-state index in [2.05, 4.69) is 63.1 Å². The van der Waals surface area contributed by atoms with Crippen LogP contribution in [0, 0.1) is 6.92 Å². The Balaban J connectivity index is 1.68. The molecule has 0 saturated heterocycles. The second-order valence-electron chi connectivity index (χ2n) is 7.01. The van der Waals surface area contributed by atoms with Crippen molar-refractivity contribution >= 4 is 43.4 Å². The number of hydrogen-bond donors (Lipinski definition) is 1. The zero-order chi connectivity index (χ0) is 19.7. The van der Waals surface area contributed by atoms with Crippen LogP contribution in [0.25, 0.3) is 10.2 Å². The van der Waals surface area contributed by atoms with E-state index in [-0.39, 0.29) is 11.9 Å². The Kier molecular flexibility index (Phi) is 5.38. The quantitative estimate of drug-likeness (QED) is 0.377. The smallest absolute Gasteiger partial charge is 0.268 e. The molecule has 0 bridgehead atoms. The fourth-order valence-electron chi connectivity index (χ4n) is 3.46. The Labute approximate surface area is 177 Å². The van der Waals surface area contributed by atoms with Gasteiger partial charge < -0.3 is 9.88 Å². The number of carbonyl (C=O) groups is 1. The molecule has 28 heavy (non-hydrogen) atoms. The van der Waals surface area contributed by atoms with Gasteiger partial charge in [-0.2, -0.15) is 0 Å². The number of hydrogen-bond acceptors (Lipinski definition) is 2. The highest BCUT2D eigenvalue weighted by molar-refractivity contribution is 9.11. The Morgan fingerprint density at radius 2 is 1.89 bits per heavy atom. The molecule has 3 nitrogen and oxygen atoms in total. The van der Waals surface area contributed by atoms with Crippen LogP contribution in [-0.2, 0) is 6.54 Å². The standard InChI is InChI=1S/C23H21BrN2OS/c1-15-7-6-8-17(11-15)14-26-19-13-22(24)28-21(19)12-20(26)23(27)25-16(2)18-9-4-3-5-10-18/h3-13,16H,14H2,1-2H3,(H,25,27)/t16-/m1/s1. The first-order chi connectivity index (χ1) is 13.5. The Bertz CT molecular complexity index is 1130. The van der Waals surface area contributed by atoms with E-state index < -0.39 is 0 Å². The summed E-state index contributed by atoms with van der Waals surface area (Å²) in [5.41, 5.74) is 5.27. The first-order valence-corrected chi connectivity index (χ1v) is 10.8. The highest BCUT2D eigenvalue weighted by atomic mass is 79.9. The van der Waals surface area contributed by atoms with E-state index in [0.29, 0.717) is 12.2 Å².